The Hall–Kier alpha value is -1.73. The fourth-order valence-corrected chi connectivity index (χ4v) is 4.74. The van der Waals surface area contributed by atoms with Gasteiger partial charge in [0, 0.05) is 17.2 Å². The van der Waals surface area contributed by atoms with Crippen LogP contribution in [0, 0.1) is 0 Å². The lowest BCUT2D eigenvalue weighted by atomic mass is 10.0. The third-order valence-corrected chi connectivity index (χ3v) is 6.47. The average molecular weight is 435 g/mol. The summed E-state index contributed by atoms with van der Waals surface area (Å²) in [5, 5.41) is 0.843. The van der Waals surface area contributed by atoms with Crippen molar-refractivity contribution in [1.29, 1.82) is 0 Å². The van der Waals surface area contributed by atoms with Gasteiger partial charge in [-0.15, -0.1) is 0 Å². The van der Waals surface area contributed by atoms with Crippen molar-refractivity contribution in [2.75, 3.05) is 25.5 Å². The van der Waals surface area contributed by atoms with Gasteiger partial charge in [-0.25, -0.2) is 4.98 Å². The molecule has 5 nitrogen and oxygen atoms in total. The van der Waals surface area contributed by atoms with Crippen molar-refractivity contribution in [2.45, 2.75) is 23.9 Å². The van der Waals surface area contributed by atoms with E-state index in [4.69, 9.17) is 9.47 Å². The van der Waals surface area contributed by atoms with Gasteiger partial charge in [0.25, 0.3) is 0 Å². The van der Waals surface area contributed by atoms with Crippen LogP contribution in [0.4, 0.5) is 0 Å². The van der Waals surface area contributed by atoms with E-state index in [2.05, 4.69) is 20.9 Å². The molecule has 3 heterocycles. The van der Waals surface area contributed by atoms with E-state index in [0.717, 1.165) is 45.9 Å². The fourth-order valence-electron chi connectivity index (χ4n) is 3.37. The van der Waals surface area contributed by atoms with Crippen molar-refractivity contribution in [3.05, 3.63) is 46.6 Å². The predicted molar refractivity (Wildman–Crippen MR) is 104 cm³/mol. The van der Waals surface area contributed by atoms with Gasteiger partial charge in [-0.2, -0.15) is 0 Å². The van der Waals surface area contributed by atoms with Crippen LogP contribution in [0.5, 0.6) is 11.5 Å². The van der Waals surface area contributed by atoms with E-state index >= 15 is 0 Å². The third-order valence-electron chi connectivity index (χ3n) is 4.58. The molecule has 0 N–H and O–H groups in total. The van der Waals surface area contributed by atoms with Gasteiger partial charge < -0.3 is 14.4 Å². The van der Waals surface area contributed by atoms with E-state index in [1.165, 1.54) is 11.8 Å². The topological polar surface area (TPSA) is 51.7 Å². The third kappa shape index (κ3) is 3.69. The molecule has 1 fully saturated rings. The van der Waals surface area contributed by atoms with Crippen LogP contribution in [-0.2, 0) is 4.79 Å². The minimum absolute atomic E-state index is 0.103. The number of benzene rings is 1. The Morgan fingerprint density at radius 3 is 2.96 bits per heavy atom. The number of carbonyl (C=O) groups excluding carboxylic acids is 1. The monoisotopic (exact) mass is 434 g/mol. The summed E-state index contributed by atoms with van der Waals surface area (Å²) in [6.45, 7) is 1.95. The largest absolute Gasteiger partial charge is 0.486 e. The number of ether oxygens (including phenoxy) is 2. The Labute approximate surface area is 165 Å². The first-order chi connectivity index (χ1) is 12.7. The molecule has 0 spiro atoms. The summed E-state index contributed by atoms with van der Waals surface area (Å²) in [5.74, 6) is 2.09. The standard InChI is InChI=1S/C19H19BrN2O3S/c20-14-3-1-7-21-19(14)26-12-18(23)22-8-2-4-15(22)13-5-6-16-17(11-13)25-10-9-24-16/h1,3,5-7,11,15H,2,4,8-10,12H2/t15-/m1/s1. The first kappa shape index (κ1) is 17.7. The Kier molecular flexibility index (Phi) is 5.36. The molecule has 0 saturated carbocycles. The Morgan fingerprint density at radius 2 is 2.12 bits per heavy atom. The molecule has 1 aromatic carbocycles. The molecule has 26 heavy (non-hydrogen) atoms. The van der Waals surface area contributed by atoms with Crippen LogP contribution >= 0.6 is 27.7 Å². The quantitative estimate of drug-likeness (QED) is 0.678. The van der Waals surface area contributed by atoms with Gasteiger partial charge in [0.05, 0.1) is 11.8 Å². The Bertz CT molecular complexity index is 817. The molecule has 1 aromatic heterocycles. The molecule has 7 heteroatoms. The number of hydrogen-bond donors (Lipinski definition) is 0. The van der Waals surface area contributed by atoms with Crippen molar-refractivity contribution in [3.63, 3.8) is 0 Å². The van der Waals surface area contributed by atoms with E-state index in [1.54, 1.807) is 6.20 Å². The Balaban J connectivity index is 1.46. The van der Waals surface area contributed by atoms with E-state index < -0.39 is 0 Å². The zero-order valence-corrected chi connectivity index (χ0v) is 16.6. The molecule has 0 unspecified atom stereocenters. The number of nitrogens with zero attached hydrogens (tertiary/aromatic N) is 2. The van der Waals surface area contributed by atoms with Gasteiger partial charge in [-0.1, -0.05) is 17.8 Å². The van der Waals surface area contributed by atoms with E-state index in [0.29, 0.717) is 19.0 Å². The summed E-state index contributed by atoms with van der Waals surface area (Å²) in [4.78, 5) is 19.1. The number of carbonyl (C=O) groups is 1. The normalized spacial score (nSPS) is 18.8. The smallest absolute Gasteiger partial charge is 0.233 e. The molecule has 2 aromatic rings. The molecule has 0 radical (unpaired) electrons. The highest BCUT2D eigenvalue weighted by atomic mass is 79.9. The summed E-state index contributed by atoms with van der Waals surface area (Å²) in [6.07, 6.45) is 3.73. The summed E-state index contributed by atoms with van der Waals surface area (Å²) in [7, 11) is 0. The van der Waals surface area contributed by atoms with Gasteiger partial charge in [0.2, 0.25) is 5.91 Å². The number of hydrogen-bond acceptors (Lipinski definition) is 5. The lowest BCUT2D eigenvalue weighted by Gasteiger charge is -2.26. The molecular weight excluding hydrogens is 416 g/mol. The molecule has 1 saturated heterocycles. The lowest BCUT2D eigenvalue weighted by Crippen LogP contribution is -2.32. The molecule has 0 aliphatic carbocycles. The maximum Gasteiger partial charge on any atom is 0.233 e. The van der Waals surface area contributed by atoms with Crippen LogP contribution in [0.25, 0.3) is 0 Å². The van der Waals surface area contributed by atoms with Crippen molar-refractivity contribution in [2.24, 2.45) is 0 Å². The highest BCUT2D eigenvalue weighted by molar-refractivity contribution is 9.10. The second-order valence-electron chi connectivity index (χ2n) is 6.23. The lowest BCUT2D eigenvalue weighted by molar-refractivity contribution is -0.129. The van der Waals surface area contributed by atoms with Crippen LogP contribution < -0.4 is 9.47 Å². The molecule has 0 bridgehead atoms. The van der Waals surface area contributed by atoms with Crippen molar-refractivity contribution in [3.8, 4) is 11.5 Å². The first-order valence-corrected chi connectivity index (χ1v) is 10.4. The number of thioether (sulfide) groups is 1. The first-order valence-electron chi connectivity index (χ1n) is 8.65. The molecule has 4 rings (SSSR count). The summed E-state index contributed by atoms with van der Waals surface area (Å²) < 4.78 is 12.2. The number of aromatic nitrogens is 1. The molecule has 2 aliphatic heterocycles. The van der Waals surface area contributed by atoms with Crippen LogP contribution in [0.15, 0.2) is 46.0 Å². The van der Waals surface area contributed by atoms with Gasteiger partial charge in [0.1, 0.15) is 18.2 Å². The zero-order chi connectivity index (χ0) is 17.9. The molecule has 1 amide bonds. The summed E-state index contributed by atoms with van der Waals surface area (Å²) in [6, 6.07) is 9.93. The minimum Gasteiger partial charge on any atom is -0.486 e. The highest BCUT2D eigenvalue weighted by Crippen LogP contribution is 2.38. The second kappa shape index (κ2) is 7.88. The SMILES string of the molecule is O=C(CSc1ncccc1Br)N1CCC[C@@H]1c1ccc2c(c1)OCCO2. The van der Waals surface area contributed by atoms with Crippen molar-refractivity contribution >= 4 is 33.6 Å². The number of amides is 1. The number of fused-ring (bicyclic) bond motifs is 1. The van der Waals surface area contributed by atoms with Gasteiger partial charge in [-0.3, -0.25) is 4.79 Å². The summed E-state index contributed by atoms with van der Waals surface area (Å²) in [5.41, 5.74) is 1.11. The van der Waals surface area contributed by atoms with Crippen LogP contribution in [0.1, 0.15) is 24.4 Å². The van der Waals surface area contributed by atoms with E-state index in [-0.39, 0.29) is 11.9 Å². The van der Waals surface area contributed by atoms with E-state index in [9.17, 15) is 4.79 Å². The van der Waals surface area contributed by atoms with Crippen LogP contribution in [0.2, 0.25) is 0 Å². The van der Waals surface area contributed by atoms with Gasteiger partial charge in [-0.05, 0) is 58.6 Å². The second-order valence-corrected chi connectivity index (χ2v) is 8.05. The predicted octanol–water partition coefficient (Wildman–Crippen LogP) is 4.07. The zero-order valence-electron chi connectivity index (χ0n) is 14.2. The minimum atomic E-state index is 0.103. The molecule has 136 valence electrons. The van der Waals surface area contributed by atoms with Crippen LogP contribution in [0.3, 0.4) is 0 Å². The Morgan fingerprint density at radius 1 is 1.27 bits per heavy atom. The maximum absolute atomic E-state index is 12.8. The highest BCUT2D eigenvalue weighted by Gasteiger charge is 2.30. The number of pyridine rings is 1. The van der Waals surface area contributed by atoms with Crippen molar-refractivity contribution < 1.29 is 14.3 Å². The average Bonchev–Trinajstić information content (AvgIpc) is 3.17. The number of rotatable bonds is 4. The van der Waals surface area contributed by atoms with Crippen molar-refractivity contribution in [1.82, 2.24) is 9.88 Å². The van der Waals surface area contributed by atoms with E-state index in [1.807, 2.05) is 35.2 Å². The summed E-state index contributed by atoms with van der Waals surface area (Å²) >= 11 is 4.95. The molecular formula is C19H19BrN2O3S. The fraction of sp³-hybridized carbons (Fsp3) is 0.368. The van der Waals surface area contributed by atoms with Crippen LogP contribution in [-0.4, -0.2) is 41.3 Å². The molecule has 2 aliphatic rings. The number of halogens is 1. The number of likely N-dealkylation sites (tertiary alicyclic amines) is 1. The van der Waals surface area contributed by atoms with Gasteiger partial charge >= 0.3 is 0 Å². The maximum atomic E-state index is 12.8. The molecule has 1 atom stereocenters. The van der Waals surface area contributed by atoms with Gasteiger partial charge in [0.15, 0.2) is 11.5 Å².